The summed E-state index contributed by atoms with van der Waals surface area (Å²) in [6, 6.07) is 14.9. The van der Waals surface area contributed by atoms with Gasteiger partial charge >= 0.3 is 5.97 Å². The number of hydrogen-bond acceptors (Lipinski definition) is 8. The lowest BCUT2D eigenvalue weighted by molar-refractivity contribution is -0.207. The minimum Gasteiger partial charge on any atom is -0.494 e. The Hall–Kier alpha value is -2.85. The van der Waals surface area contributed by atoms with Gasteiger partial charge in [0.1, 0.15) is 23.7 Å². The smallest absolute Gasteiger partial charge is 0.331 e. The molecule has 1 heterocycles. The van der Waals surface area contributed by atoms with E-state index in [0.29, 0.717) is 56.2 Å². The Bertz CT molecular complexity index is 981. The van der Waals surface area contributed by atoms with Gasteiger partial charge in [-0.3, -0.25) is 10.0 Å². The predicted molar refractivity (Wildman–Crippen MR) is 133 cm³/mol. The van der Waals surface area contributed by atoms with Gasteiger partial charge in [0.05, 0.1) is 17.5 Å². The molecule has 2 aromatic carbocycles. The van der Waals surface area contributed by atoms with Crippen LogP contribution < -0.4 is 15.0 Å². The number of aryl methyl sites for hydroxylation is 1. The summed E-state index contributed by atoms with van der Waals surface area (Å²) in [5.74, 6) is -1.51. The summed E-state index contributed by atoms with van der Waals surface area (Å²) in [7, 11) is 0. The molecule has 0 aliphatic carbocycles. The highest BCUT2D eigenvalue weighted by Gasteiger charge is 2.35. The van der Waals surface area contributed by atoms with Crippen molar-refractivity contribution < 1.29 is 34.2 Å². The number of ether oxygens (including phenoxy) is 2. The molecule has 0 bridgehead atoms. The molecule has 1 saturated heterocycles. The van der Waals surface area contributed by atoms with E-state index >= 15 is 0 Å². The molecular weight excluding hydrogens is 488 g/mol. The zero-order valence-electron chi connectivity index (χ0n) is 20.3. The Kier molecular flexibility index (Phi) is 10.8. The van der Waals surface area contributed by atoms with Crippen molar-refractivity contribution in [3.05, 3.63) is 59.1 Å². The summed E-state index contributed by atoms with van der Waals surface area (Å²) >= 11 is 6.16. The standard InChI is InChI=1S/C26H33ClN2O7/c1-2-34-19-12-10-18(11-13-19)6-5-7-21(24(30)25(31)28-33)26(32)36-29-16-14-20(15-17-29)35-23-9-4-3-8-22(23)27/h3-4,8-13,20-21,24,30,33H,2,5-7,14-17H2,1H3,(H,28,31)/t21-,24+/m1/s1. The van der Waals surface area contributed by atoms with Gasteiger partial charge in [0.15, 0.2) is 0 Å². The molecule has 0 saturated carbocycles. The number of nitrogens with one attached hydrogen (secondary N) is 1. The summed E-state index contributed by atoms with van der Waals surface area (Å²) in [5, 5.41) is 21.4. The molecule has 0 spiro atoms. The zero-order chi connectivity index (χ0) is 25.9. The molecule has 3 rings (SSSR count). The minimum absolute atomic E-state index is 0.0736. The predicted octanol–water partition coefficient (Wildman–Crippen LogP) is 3.55. The Labute approximate surface area is 215 Å². The zero-order valence-corrected chi connectivity index (χ0v) is 21.0. The molecule has 0 radical (unpaired) electrons. The number of hydrogen-bond donors (Lipinski definition) is 3. The Balaban J connectivity index is 1.51. The Morgan fingerprint density at radius 3 is 2.47 bits per heavy atom. The summed E-state index contributed by atoms with van der Waals surface area (Å²) in [5.41, 5.74) is 2.45. The molecular formula is C26H33ClN2O7. The molecule has 1 aliphatic rings. The average molecular weight is 521 g/mol. The van der Waals surface area contributed by atoms with E-state index in [2.05, 4.69) is 0 Å². The van der Waals surface area contributed by atoms with E-state index in [-0.39, 0.29) is 12.5 Å². The third-order valence-electron chi connectivity index (χ3n) is 6.03. The van der Waals surface area contributed by atoms with Crippen LogP contribution in [-0.4, -0.2) is 59.2 Å². The Morgan fingerprint density at radius 2 is 1.83 bits per heavy atom. The number of rotatable bonds is 12. The van der Waals surface area contributed by atoms with Crippen molar-refractivity contribution in [3.63, 3.8) is 0 Å². The van der Waals surface area contributed by atoms with Crippen LogP contribution in [0, 0.1) is 5.92 Å². The molecule has 196 valence electrons. The molecule has 3 N–H and O–H groups in total. The van der Waals surface area contributed by atoms with E-state index < -0.39 is 23.9 Å². The molecule has 1 aliphatic heterocycles. The largest absolute Gasteiger partial charge is 0.494 e. The molecule has 2 atom stereocenters. The molecule has 1 fully saturated rings. The first-order valence-electron chi connectivity index (χ1n) is 12.1. The summed E-state index contributed by atoms with van der Waals surface area (Å²) in [4.78, 5) is 30.3. The molecule has 1 amide bonds. The van der Waals surface area contributed by atoms with Crippen molar-refractivity contribution in [2.75, 3.05) is 19.7 Å². The van der Waals surface area contributed by atoms with Gasteiger partial charge < -0.3 is 19.4 Å². The van der Waals surface area contributed by atoms with Gasteiger partial charge in [0, 0.05) is 25.9 Å². The molecule has 0 aromatic heterocycles. The number of piperidine rings is 1. The summed E-state index contributed by atoms with van der Waals surface area (Å²) in [6.07, 6.45) is 0.777. The molecule has 10 heteroatoms. The van der Waals surface area contributed by atoms with E-state index in [9.17, 15) is 14.7 Å². The van der Waals surface area contributed by atoms with E-state index in [1.807, 2.05) is 43.3 Å². The van der Waals surface area contributed by atoms with Gasteiger partial charge in [-0.05, 0) is 56.0 Å². The molecule has 36 heavy (non-hydrogen) atoms. The number of carbonyl (C=O) groups is 2. The minimum atomic E-state index is -1.73. The second-order valence-corrected chi connectivity index (χ2v) is 8.99. The van der Waals surface area contributed by atoms with Crippen LogP contribution >= 0.6 is 11.6 Å². The van der Waals surface area contributed by atoms with Crippen LogP contribution in [0.1, 0.15) is 38.2 Å². The number of halogens is 1. The van der Waals surface area contributed by atoms with Gasteiger partial charge in [-0.25, -0.2) is 10.3 Å². The normalized spacial score (nSPS) is 16.1. The first kappa shape index (κ1) is 27.7. The lowest BCUT2D eigenvalue weighted by Gasteiger charge is -2.32. The number of benzene rings is 2. The molecule has 2 aromatic rings. The van der Waals surface area contributed by atoms with Crippen LogP contribution in [0.4, 0.5) is 0 Å². The maximum atomic E-state index is 12.9. The SMILES string of the molecule is CCOc1ccc(CCC[C@@H](C(=O)ON2CCC(Oc3ccccc3Cl)CC2)[C@H](O)C(=O)NO)cc1. The van der Waals surface area contributed by atoms with Gasteiger partial charge in [-0.2, -0.15) is 0 Å². The van der Waals surface area contributed by atoms with E-state index in [4.69, 9.17) is 31.1 Å². The van der Waals surface area contributed by atoms with Crippen LogP contribution in [0.15, 0.2) is 48.5 Å². The van der Waals surface area contributed by atoms with E-state index in [0.717, 1.165) is 11.3 Å². The fourth-order valence-corrected chi connectivity index (χ4v) is 4.23. The van der Waals surface area contributed by atoms with Crippen LogP contribution in [0.25, 0.3) is 0 Å². The monoisotopic (exact) mass is 520 g/mol. The number of amides is 1. The lowest BCUT2D eigenvalue weighted by Crippen LogP contribution is -2.45. The number of para-hydroxylation sites is 1. The number of aliphatic hydroxyl groups is 1. The van der Waals surface area contributed by atoms with Crippen LogP contribution in [0.3, 0.4) is 0 Å². The highest BCUT2D eigenvalue weighted by atomic mass is 35.5. The van der Waals surface area contributed by atoms with Crippen LogP contribution in [0.5, 0.6) is 11.5 Å². The number of aliphatic hydroxyl groups excluding tert-OH is 1. The highest BCUT2D eigenvalue weighted by Crippen LogP contribution is 2.27. The number of carbonyl (C=O) groups excluding carboxylic acids is 2. The maximum Gasteiger partial charge on any atom is 0.331 e. The second kappa shape index (κ2) is 14.0. The highest BCUT2D eigenvalue weighted by molar-refractivity contribution is 6.32. The van der Waals surface area contributed by atoms with Crippen molar-refractivity contribution in [1.29, 1.82) is 0 Å². The third kappa shape index (κ3) is 8.09. The van der Waals surface area contributed by atoms with Gasteiger partial charge in [0.2, 0.25) is 0 Å². The Morgan fingerprint density at radius 1 is 1.14 bits per heavy atom. The van der Waals surface area contributed by atoms with Crippen molar-refractivity contribution >= 4 is 23.5 Å². The fraction of sp³-hybridized carbons (Fsp3) is 0.462. The number of nitrogens with zero attached hydrogens (tertiary/aromatic N) is 1. The first-order valence-corrected chi connectivity index (χ1v) is 12.5. The lowest BCUT2D eigenvalue weighted by atomic mass is 9.94. The fourth-order valence-electron chi connectivity index (χ4n) is 4.05. The van der Waals surface area contributed by atoms with Gasteiger partial charge in [-0.15, -0.1) is 5.06 Å². The van der Waals surface area contributed by atoms with E-state index in [1.54, 1.807) is 12.1 Å². The van der Waals surface area contributed by atoms with Crippen molar-refractivity contribution in [2.24, 2.45) is 5.92 Å². The quantitative estimate of drug-likeness (QED) is 0.287. The first-order chi connectivity index (χ1) is 17.4. The molecule has 9 nitrogen and oxygen atoms in total. The average Bonchev–Trinajstić information content (AvgIpc) is 2.89. The van der Waals surface area contributed by atoms with E-state index in [1.165, 1.54) is 10.5 Å². The second-order valence-electron chi connectivity index (χ2n) is 8.58. The topological polar surface area (TPSA) is 118 Å². The van der Waals surface area contributed by atoms with Crippen LogP contribution in [-0.2, 0) is 20.8 Å². The van der Waals surface area contributed by atoms with Gasteiger partial charge in [-0.1, -0.05) is 35.9 Å². The van der Waals surface area contributed by atoms with Crippen molar-refractivity contribution in [1.82, 2.24) is 10.5 Å². The maximum absolute atomic E-state index is 12.9. The summed E-state index contributed by atoms with van der Waals surface area (Å²) < 4.78 is 11.4. The van der Waals surface area contributed by atoms with Crippen molar-refractivity contribution in [3.8, 4) is 11.5 Å². The third-order valence-corrected chi connectivity index (χ3v) is 6.34. The van der Waals surface area contributed by atoms with Gasteiger partial charge in [0.25, 0.3) is 5.91 Å². The number of hydroxylamine groups is 3. The van der Waals surface area contributed by atoms with Crippen LogP contribution in [0.2, 0.25) is 5.02 Å². The van der Waals surface area contributed by atoms with Crippen molar-refractivity contribution in [2.45, 2.75) is 51.2 Å². The summed E-state index contributed by atoms with van der Waals surface area (Å²) in [6.45, 7) is 3.36. The molecule has 0 unspecified atom stereocenters.